The lowest BCUT2D eigenvalue weighted by Gasteiger charge is -2.04. The van der Waals surface area contributed by atoms with Gasteiger partial charge < -0.3 is 10.3 Å². The Morgan fingerprint density at radius 3 is 2.86 bits per heavy atom. The minimum atomic E-state index is 0.538. The summed E-state index contributed by atoms with van der Waals surface area (Å²) in [4.78, 5) is 8.14. The summed E-state index contributed by atoms with van der Waals surface area (Å²) in [6, 6.07) is 3.74. The van der Waals surface area contributed by atoms with Gasteiger partial charge in [-0.1, -0.05) is 0 Å². The first kappa shape index (κ1) is 8.74. The zero-order valence-corrected chi connectivity index (χ0v) is 8.01. The van der Waals surface area contributed by atoms with E-state index in [4.69, 9.17) is 5.73 Å². The average molecular weight is 188 g/mol. The fourth-order valence-corrected chi connectivity index (χ4v) is 1.37. The first-order valence-electron chi connectivity index (χ1n) is 4.53. The van der Waals surface area contributed by atoms with Gasteiger partial charge in [-0.05, 0) is 19.1 Å². The summed E-state index contributed by atoms with van der Waals surface area (Å²) in [6.07, 6.45) is 5.40. The number of nitrogens with two attached hydrogens (primary N) is 1. The van der Waals surface area contributed by atoms with Crippen LogP contribution in [0.5, 0.6) is 0 Å². The van der Waals surface area contributed by atoms with E-state index in [9.17, 15) is 0 Å². The topological polar surface area (TPSA) is 56.7 Å². The van der Waals surface area contributed by atoms with Gasteiger partial charge in [-0.2, -0.15) is 0 Å². The van der Waals surface area contributed by atoms with Crippen LogP contribution >= 0.6 is 0 Å². The van der Waals surface area contributed by atoms with Gasteiger partial charge in [0, 0.05) is 18.3 Å². The van der Waals surface area contributed by atoms with Crippen molar-refractivity contribution in [2.75, 3.05) is 5.73 Å². The Kier molecular flexibility index (Phi) is 2.18. The minimum absolute atomic E-state index is 0.538. The molecule has 0 aliphatic carbocycles. The Morgan fingerprint density at radius 2 is 2.21 bits per heavy atom. The maximum absolute atomic E-state index is 5.52. The molecular weight excluding hydrogens is 176 g/mol. The number of imidazole rings is 1. The number of aryl methyl sites for hydroxylation is 1. The molecule has 0 bridgehead atoms. The average Bonchev–Trinajstić information content (AvgIpc) is 2.67. The Bertz CT molecular complexity index is 416. The van der Waals surface area contributed by atoms with E-state index in [2.05, 4.69) is 21.5 Å². The fraction of sp³-hybridized carbons (Fsp3) is 0.200. The molecule has 2 aromatic rings. The SMILES string of the molecule is CCn1cncc1-c1ccc(N)nc1. The summed E-state index contributed by atoms with van der Waals surface area (Å²) >= 11 is 0. The molecule has 4 heteroatoms. The molecule has 0 aliphatic heterocycles. The van der Waals surface area contributed by atoms with E-state index in [0.717, 1.165) is 17.8 Å². The second kappa shape index (κ2) is 3.49. The van der Waals surface area contributed by atoms with Crippen LogP contribution in [0.1, 0.15) is 6.92 Å². The van der Waals surface area contributed by atoms with Crippen molar-refractivity contribution in [3.05, 3.63) is 30.9 Å². The van der Waals surface area contributed by atoms with Gasteiger partial charge in [0.05, 0.1) is 18.2 Å². The quantitative estimate of drug-likeness (QED) is 0.777. The van der Waals surface area contributed by atoms with Gasteiger partial charge in [0.1, 0.15) is 5.82 Å². The summed E-state index contributed by atoms with van der Waals surface area (Å²) in [5, 5.41) is 0. The number of anilines is 1. The highest BCUT2D eigenvalue weighted by atomic mass is 15.0. The first-order valence-corrected chi connectivity index (χ1v) is 4.53. The molecule has 14 heavy (non-hydrogen) atoms. The number of rotatable bonds is 2. The Hall–Kier alpha value is -1.84. The van der Waals surface area contributed by atoms with Crippen LogP contribution in [0.3, 0.4) is 0 Å². The maximum Gasteiger partial charge on any atom is 0.123 e. The lowest BCUT2D eigenvalue weighted by molar-refractivity contribution is 0.768. The lowest BCUT2D eigenvalue weighted by atomic mass is 10.2. The summed E-state index contributed by atoms with van der Waals surface area (Å²) < 4.78 is 2.06. The standard InChI is InChI=1S/C10H12N4/c1-2-14-7-12-6-9(14)8-3-4-10(11)13-5-8/h3-7H,2H2,1H3,(H2,11,13). The number of hydrogen-bond donors (Lipinski definition) is 1. The predicted molar refractivity (Wildman–Crippen MR) is 55.5 cm³/mol. The van der Waals surface area contributed by atoms with Gasteiger partial charge >= 0.3 is 0 Å². The van der Waals surface area contributed by atoms with E-state index < -0.39 is 0 Å². The molecule has 0 saturated heterocycles. The molecular formula is C10H12N4. The van der Waals surface area contributed by atoms with E-state index in [1.807, 2.05) is 18.6 Å². The van der Waals surface area contributed by atoms with Crippen molar-refractivity contribution in [1.29, 1.82) is 0 Å². The molecule has 0 radical (unpaired) electrons. The molecule has 0 spiro atoms. The molecule has 0 aromatic carbocycles. The molecule has 4 nitrogen and oxygen atoms in total. The smallest absolute Gasteiger partial charge is 0.123 e. The third kappa shape index (κ3) is 1.46. The van der Waals surface area contributed by atoms with Crippen LogP contribution in [-0.2, 0) is 6.54 Å². The van der Waals surface area contributed by atoms with E-state index in [-0.39, 0.29) is 0 Å². The van der Waals surface area contributed by atoms with Crippen LogP contribution in [-0.4, -0.2) is 14.5 Å². The number of nitrogen functional groups attached to an aromatic ring is 1. The molecule has 0 aliphatic rings. The largest absolute Gasteiger partial charge is 0.384 e. The Balaban J connectivity index is 2.44. The zero-order valence-electron chi connectivity index (χ0n) is 8.01. The monoisotopic (exact) mass is 188 g/mol. The lowest BCUT2D eigenvalue weighted by Crippen LogP contribution is -1.96. The van der Waals surface area contributed by atoms with Gasteiger partial charge in [-0.3, -0.25) is 0 Å². The maximum atomic E-state index is 5.52. The molecule has 2 aromatic heterocycles. The van der Waals surface area contributed by atoms with Crippen LogP contribution in [0.15, 0.2) is 30.9 Å². The van der Waals surface area contributed by atoms with Gasteiger partial charge in [-0.25, -0.2) is 9.97 Å². The van der Waals surface area contributed by atoms with Gasteiger partial charge in [0.15, 0.2) is 0 Å². The van der Waals surface area contributed by atoms with Crippen molar-refractivity contribution in [3.8, 4) is 11.3 Å². The van der Waals surface area contributed by atoms with Crippen LogP contribution < -0.4 is 5.73 Å². The third-order valence-corrected chi connectivity index (χ3v) is 2.14. The second-order valence-corrected chi connectivity index (χ2v) is 3.04. The van der Waals surface area contributed by atoms with Crippen molar-refractivity contribution in [3.63, 3.8) is 0 Å². The molecule has 0 saturated carbocycles. The fourth-order valence-electron chi connectivity index (χ4n) is 1.37. The molecule has 0 fully saturated rings. The summed E-state index contributed by atoms with van der Waals surface area (Å²) in [6.45, 7) is 2.98. The molecule has 2 rings (SSSR count). The van der Waals surface area contributed by atoms with Gasteiger partial charge in [0.2, 0.25) is 0 Å². The van der Waals surface area contributed by atoms with Crippen molar-refractivity contribution in [1.82, 2.24) is 14.5 Å². The minimum Gasteiger partial charge on any atom is -0.384 e. The number of pyridine rings is 1. The van der Waals surface area contributed by atoms with E-state index in [1.54, 1.807) is 12.3 Å². The van der Waals surface area contributed by atoms with E-state index in [0.29, 0.717) is 5.82 Å². The number of hydrogen-bond acceptors (Lipinski definition) is 3. The molecule has 0 unspecified atom stereocenters. The number of aromatic nitrogens is 3. The summed E-state index contributed by atoms with van der Waals surface area (Å²) in [5.74, 6) is 0.538. The summed E-state index contributed by atoms with van der Waals surface area (Å²) in [7, 11) is 0. The van der Waals surface area contributed by atoms with Crippen molar-refractivity contribution < 1.29 is 0 Å². The van der Waals surface area contributed by atoms with Crippen LogP contribution in [0, 0.1) is 0 Å². The molecule has 2 N–H and O–H groups in total. The van der Waals surface area contributed by atoms with E-state index in [1.165, 1.54) is 0 Å². The normalized spacial score (nSPS) is 10.4. The molecule has 72 valence electrons. The van der Waals surface area contributed by atoms with E-state index >= 15 is 0 Å². The van der Waals surface area contributed by atoms with Crippen LogP contribution in [0.25, 0.3) is 11.3 Å². The van der Waals surface area contributed by atoms with Crippen molar-refractivity contribution >= 4 is 5.82 Å². The molecule has 0 atom stereocenters. The Labute approximate surface area is 82.4 Å². The van der Waals surface area contributed by atoms with Crippen molar-refractivity contribution in [2.45, 2.75) is 13.5 Å². The highest BCUT2D eigenvalue weighted by molar-refractivity contribution is 5.58. The summed E-state index contributed by atoms with van der Waals surface area (Å²) in [5.41, 5.74) is 7.63. The zero-order chi connectivity index (χ0) is 9.97. The van der Waals surface area contributed by atoms with Gasteiger partial charge in [-0.15, -0.1) is 0 Å². The Morgan fingerprint density at radius 1 is 1.36 bits per heavy atom. The molecule has 0 amide bonds. The number of nitrogens with zero attached hydrogens (tertiary/aromatic N) is 3. The third-order valence-electron chi connectivity index (χ3n) is 2.14. The highest BCUT2D eigenvalue weighted by Crippen LogP contribution is 2.18. The highest BCUT2D eigenvalue weighted by Gasteiger charge is 2.03. The second-order valence-electron chi connectivity index (χ2n) is 3.04. The van der Waals surface area contributed by atoms with Crippen molar-refractivity contribution in [2.24, 2.45) is 0 Å². The van der Waals surface area contributed by atoms with Crippen LogP contribution in [0.2, 0.25) is 0 Å². The van der Waals surface area contributed by atoms with Gasteiger partial charge in [0.25, 0.3) is 0 Å². The molecule has 2 heterocycles. The van der Waals surface area contributed by atoms with Crippen LogP contribution in [0.4, 0.5) is 5.82 Å². The predicted octanol–water partition coefficient (Wildman–Crippen LogP) is 1.55. The first-order chi connectivity index (χ1) is 6.81.